The van der Waals surface area contributed by atoms with Crippen LogP contribution in [-0.2, 0) is 10.9 Å². The monoisotopic (exact) mass is 482 g/mol. The molecule has 4 aromatic rings. The first-order valence-corrected chi connectivity index (χ1v) is 10.9. The number of aryl methyl sites for hydroxylation is 2. The normalized spacial score (nSPS) is 16.6. The molecule has 0 saturated carbocycles. The van der Waals surface area contributed by atoms with Crippen LogP contribution in [-0.4, -0.2) is 44.6 Å². The molecule has 1 fully saturated rings. The highest BCUT2D eigenvalue weighted by Crippen LogP contribution is 2.32. The number of rotatable bonds is 3. The number of morpholine rings is 1. The van der Waals surface area contributed by atoms with E-state index in [1.54, 1.807) is 19.2 Å². The van der Waals surface area contributed by atoms with E-state index in [1.807, 2.05) is 24.0 Å². The third-order valence-electron chi connectivity index (χ3n) is 5.81. The predicted molar refractivity (Wildman–Crippen MR) is 123 cm³/mol. The molecular formula is C24H21F3N6O2. The number of hydrogen-bond donors (Lipinski definition) is 1. The average Bonchev–Trinajstić information content (AvgIpc) is 2.83. The summed E-state index contributed by atoms with van der Waals surface area (Å²) < 4.78 is 45.1. The summed E-state index contributed by atoms with van der Waals surface area (Å²) in [6.07, 6.45) is -1.97. The van der Waals surface area contributed by atoms with E-state index in [1.165, 1.54) is 6.07 Å². The number of nitrogens with zero attached hydrogens (tertiary/aromatic N) is 5. The van der Waals surface area contributed by atoms with E-state index in [2.05, 4.69) is 19.9 Å². The lowest BCUT2D eigenvalue weighted by Crippen LogP contribution is -2.39. The van der Waals surface area contributed by atoms with E-state index >= 15 is 0 Å². The average molecular weight is 482 g/mol. The van der Waals surface area contributed by atoms with Gasteiger partial charge in [0.2, 0.25) is 0 Å². The standard InChI is InChI=1S/C24H21F3N6O2/c1-13-9-15(5-6-28-13)18-12-33(7-8-35-18)20-10-17-21(23(34)31-14(2)30-17)22(32-20)16-3-4-19(29-11-16)24(25,26)27/h3-6,9-11,18H,7-8,12H2,1-2H3,(H,30,31,34). The van der Waals surface area contributed by atoms with E-state index in [0.717, 1.165) is 23.5 Å². The van der Waals surface area contributed by atoms with Crippen LogP contribution < -0.4 is 10.5 Å². The smallest absolute Gasteiger partial charge is 0.370 e. The molecule has 180 valence electrons. The van der Waals surface area contributed by atoms with Gasteiger partial charge in [-0.1, -0.05) is 0 Å². The summed E-state index contributed by atoms with van der Waals surface area (Å²) in [6, 6.07) is 7.73. The quantitative estimate of drug-likeness (QED) is 0.472. The molecule has 35 heavy (non-hydrogen) atoms. The van der Waals surface area contributed by atoms with Gasteiger partial charge < -0.3 is 14.6 Å². The minimum absolute atomic E-state index is 0.190. The summed E-state index contributed by atoms with van der Waals surface area (Å²) >= 11 is 0. The van der Waals surface area contributed by atoms with Crippen molar-refractivity contribution in [1.82, 2.24) is 24.9 Å². The molecule has 1 aliphatic rings. The number of ether oxygens (including phenoxy) is 1. The lowest BCUT2D eigenvalue weighted by atomic mass is 10.1. The SMILES string of the molecule is Cc1cc(C2CN(c3cc4nc(C)[nH]c(=O)c4c(-c4ccc(C(F)(F)F)nc4)n3)CCO2)ccn1. The summed E-state index contributed by atoms with van der Waals surface area (Å²) in [6.45, 7) is 5.06. The molecule has 1 aliphatic heterocycles. The molecule has 1 saturated heterocycles. The Morgan fingerprint density at radius 3 is 2.66 bits per heavy atom. The molecule has 0 aromatic carbocycles. The largest absolute Gasteiger partial charge is 0.433 e. The highest BCUT2D eigenvalue weighted by molar-refractivity contribution is 5.93. The molecule has 1 N–H and O–H groups in total. The number of alkyl halides is 3. The molecule has 8 nitrogen and oxygen atoms in total. The lowest BCUT2D eigenvalue weighted by molar-refractivity contribution is -0.141. The number of H-pyrrole nitrogens is 1. The fraction of sp³-hybridized carbons (Fsp3) is 0.292. The van der Waals surface area contributed by atoms with Gasteiger partial charge >= 0.3 is 6.18 Å². The van der Waals surface area contributed by atoms with Gasteiger partial charge in [0.15, 0.2) is 0 Å². The van der Waals surface area contributed by atoms with Gasteiger partial charge in [-0.2, -0.15) is 13.2 Å². The summed E-state index contributed by atoms with van der Waals surface area (Å²) in [4.78, 5) is 34.4. The van der Waals surface area contributed by atoms with E-state index in [-0.39, 0.29) is 22.7 Å². The lowest BCUT2D eigenvalue weighted by Gasteiger charge is -2.34. The van der Waals surface area contributed by atoms with Gasteiger partial charge in [-0.15, -0.1) is 0 Å². The van der Waals surface area contributed by atoms with Crippen molar-refractivity contribution in [2.24, 2.45) is 0 Å². The Kier molecular flexibility index (Phi) is 5.72. The molecule has 11 heteroatoms. The van der Waals surface area contributed by atoms with Crippen LogP contribution in [0.5, 0.6) is 0 Å². The summed E-state index contributed by atoms with van der Waals surface area (Å²) in [5, 5.41) is 0.190. The van der Waals surface area contributed by atoms with Crippen molar-refractivity contribution in [3.63, 3.8) is 0 Å². The van der Waals surface area contributed by atoms with Crippen molar-refractivity contribution < 1.29 is 17.9 Å². The summed E-state index contributed by atoms with van der Waals surface area (Å²) in [5.41, 5.74) is 1.32. The van der Waals surface area contributed by atoms with Gasteiger partial charge in [0, 0.05) is 42.8 Å². The fourth-order valence-corrected chi connectivity index (χ4v) is 4.17. The number of hydrogen-bond acceptors (Lipinski definition) is 7. The second kappa shape index (κ2) is 8.73. The highest BCUT2D eigenvalue weighted by atomic mass is 19.4. The number of pyridine rings is 3. The van der Waals surface area contributed by atoms with Crippen LogP contribution in [0.25, 0.3) is 22.2 Å². The predicted octanol–water partition coefficient (Wildman–Crippen LogP) is 3.99. The number of aromatic nitrogens is 5. The van der Waals surface area contributed by atoms with Gasteiger partial charge in [-0.05, 0) is 43.7 Å². The number of fused-ring (bicyclic) bond motifs is 1. The van der Waals surface area contributed by atoms with Gasteiger partial charge in [0.1, 0.15) is 23.4 Å². The summed E-state index contributed by atoms with van der Waals surface area (Å²) in [5.74, 6) is 0.965. The first kappa shape index (κ1) is 22.9. The van der Waals surface area contributed by atoms with Crippen molar-refractivity contribution in [3.05, 3.63) is 75.9 Å². The van der Waals surface area contributed by atoms with Crippen molar-refractivity contribution in [2.75, 3.05) is 24.6 Å². The van der Waals surface area contributed by atoms with Crippen LogP contribution in [0.2, 0.25) is 0 Å². The molecular weight excluding hydrogens is 461 g/mol. The van der Waals surface area contributed by atoms with Crippen molar-refractivity contribution >= 4 is 16.7 Å². The second-order valence-electron chi connectivity index (χ2n) is 8.34. The van der Waals surface area contributed by atoms with Crippen LogP contribution in [0.15, 0.2) is 47.5 Å². The van der Waals surface area contributed by atoms with Crippen LogP contribution >= 0.6 is 0 Å². The first-order chi connectivity index (χ1) is 16.7. The molecule has 1 atom stereocenters. The molecule has 5 rings (SSSR count). The minimum Gasteiger partial charge on any atom is -0.370 e. The van der Waals surface area contributed by atoms with Crippen molar-refractivity contribution in [2.45, 2.75) is 26.1 Å². The van der Waals surface area contributed by atoms with Gasteiger partial charge in [0.05, 0.1) is 23.2 Å². The Labute approximate surface area is 197 Å². The van der Waals surface area contributed by atoms with Crippen molar-refractivity contribution in [1.29, 1.82) is 0 Å². The zero-order valence-corrected chi connectivity index (χ0v) is 18.9. The minimum atomic E-state index is -4.57. The van der Waals surface area contributed by atoms with Crippen LogP contribution in [0.4, 0.5) is 19.0 Å². The number of aromatic amines is 1. The Hall–Kier alpha value is -3.86. The Balaban J connectivity index is 1.60. The molecule has 4 aromatic heterocycles. The maximum absolute atomic E-state index is 13.0. The molecule has 5 heterocycles. The Morgan fingerprint density at radius 2 is 1.94 bits per heavy atom. The zero-order valence-electron chi connectivity index (χ0n) is 18.9. The van der Waals surface area contributed by atoms with E-state index in [0.29, 0.717) is 36.9 Å². The molecule has 0 radical (unpaired) electrons. The molecule has 0 amide bonds. The van der Waals surface area contributed by atoms with E-state index in [4.69, 9.17) is 9.72 Å². The third-order valence-corrected chi connectivity index (χ3v) is 5.81. The van der Waals surface area contributed by atoms with Crippen LogP contribution in [0.3, 0.4) is 0 Å². The number of anilines is 1. The van der Waals surface area contributed by atoms with Gasteiger partial charge in [-0.3, -0.25) is 14.8 Å². The number of nitrogens with one attached hydrogen (secondary N) is 1. The maximum atomic E-state index is 13.0. The van der Waals surface area contributed by atoms with E-state index < -0.39 is 17.4 Å². The van der Waals surface area contributed by atoms with Crippen LogP contribution in [0, 0.1) is 13.8 Å². The molecule has 0 aliphatic carbocycles. The van der Waals surface area contributed by atoms with Crippen LogP contribution in [0.1, 0.15) is 28.9 Å². The topological polar surface area (TPSA) is 96.9 Å². The first-order valence-electron chi connectivity index (χ1n) is 10.9. The fourth-order valence-electron chi connectivity index (χ4n) is 4.17. The zero-order chi connectivity index (χ0) is 24.7. The van der Waals surface area contributed by atoms with Gasteiger partial charge in [0.25, 0.3) is 5.56 Å². The molecule has 0 spiro atoms. The highest BCUT2D eigenvalue weighted by Gasteiger charge is 2.32. The molecule has 0 bridgehead atoms. The second-order valence-corrected chi connectivity index (χ2v) is 8.34. The van der Waals surface area contributed by atoms with E-state index in [9.17, 15) is 18.0 Å². The molecule has 1 unspecified atom stereocenters. The van der Waals surface area contributed by atoms with Crippen molar-refractivity contribution in [3.8, 4) is 11.3 Å². The Morgan fingerprint density at radius 1 is 1.11 bits per heavy atom. The Bertz CT molecular complexity index is 1450. The maximum Gasteiger partial charge on any atom is 0.433 e. The van der Waals surface area contributed by atoms with Gasteiger partial charge in [-0.25, -0.2) is 9.97 Å². The third kappa shape index (κ3) is 4.59. The summed E-state index contributed by atoms with van der Waals surface area (Å²) in [7, 11) is 0. The number of halogens is 3.